The van der Waals surface area contributed by atoms with Crippen LogP contribution in [0.1, 0.15) is 33.0 Å². The van der Waals surface area contributed by atoms with E-state index in [1.807, 2.05) is 6.07 Å². The normalized spacial score (nSPS) is 12.3. The molecule has 0 spiro atoms. The molecular weight excluding hydrogens is 202 g/mol. The minimum absolute atomic E-state index is 0.148. The fourth-order valence-corrected chi connectivity index (χ4v) is 1.74. The Balaban J connectivity index is 2.54. The SMILES string of the molecule is CCCN(Cc1ccno1)CC(C)(C)CN. The highest BCUT2D eigenvalue weighted by Gasteiger charge is 2.20. The molecule has 0 aliphatic heterocycles. The Morgan fingerprint density at radius 3 is 2.75 bits per heavy atom. The lowest BCUT2D eigenvalue weighted by molar-refractivity contribution is 0.161. The average molecular weight is 225 g/mol. The van der Waals surface area contributed by atoms with Crippen LogP contribution in [0.2, 0.25) is 0 Å². The van der Waals surface area contributed by atoms with E-state index in [-0.39, 0.29) is 5.41 Å². The van der Waals surface area contributed by atoms with Crippen molar-refractivity contribution in [1.29, 1.82) is 0 Å². The summed E-state index contributed by atoms with van der Waals surface area (Å²) >= 11 is 0. The summed E-state index contributed by atoms with van der Waals surface area (Å²) < 4.78 is 5.14. The number of hydrogen-bond acceptors (Lipinski definition) is 4. The van der Waals surface area contributed by atoms with Crippen LogP contribution in [0.25, 0.3) is 0 Å². The first kappa shape index (κ1) is 13.2. The molecular formula is C12H23N3O. The average Bonchev–Trinajstić information content (AvgIpc) is 2.70. The van der Waals surface area contributed by atoms with Gasteiger partial charge in [0, 0.05) is 12.6 Å². The van der Waals surface area contributed by atoms with Gasteiger partial charge in [-0.25, -0.2) is 0 Å². The van der Waals surface area contributed by atoms with Gasteiger partial charge >= 0.3 is 0 Å². The maximum Gasteiger partial charge on any atom is 0.150 e. The molecule has 0 radical (unpaired) electrons. The van der Waals surface area contributed by atoms with Crippen molar-refractivity contribution in [3.63, 3.8) is 0 Å². The molecule has 4 heteroatoms. The topological polar surface area (TPSA) is 55.3 Å². The lowest BCUT2D eigenvalue weighted by atomic mass is 9.93. The van der Waals surface area contributed by atoms with Gasteiger partial charge in [-0.1, -0.05) is 25.9 Å². The highest BCUT2D eigenvalue weighted by atomic mass is 16.5. The summed E-state index contributed by atoms with van der Waals surface area (Å²) in [6.45, 7) is 10.1. The van der Waals surface area contributed by atoms with E-state index < -0.39 is 0 Å². The predicted octanol–water partition coefficient (Wildman–Crippen LogP) is 1.87. The Hall–Kier alpha value is -0.870. The Labute approximate surface area is 97.8 Å². The first-order valence-corrected chi connectivity index (χ1v) is 5.89. The van der Waals surface area contributed by atoms with Crippen molar-refractivity contribution >= 4 is 0 Å². The van der Waals surface area contributed by atoms with Gasteiger partial charge in [0.05, 0.1) is 12.7 Å². The highest BCUT2D eigenvalue weighted by Crippen LogP contribution is 2.17. The molecule has 0 aliphatic carbocycles. The van der Waals surface area contributed by atoms with E-state index >= 15 is 0 Å². The molecule has 2 N–H and O–H groups in total. The maximum absolute atomic E-state index is 5.76. The first-order chi connectivity index (χ1) is 7.57. The van der Waals surface area contributed by atoms with Gasteiger partial charge in [-0.3, -0.25) is 4.90 Å². The van der Waals surface area contributed by atoms with Crippen molar-refractivity contribution in [1.82, 2.24) is 10.1 Å². The number of hydrogen-bond donors (Lipinski definition) is 1. The molecule has 1 aromatic heterocycles. The standard InChI is InChI=1S/C12H23N3O/c1-4-7-15(10-12(2,3)9-13)8-11-5-6-14-16-11/h5-6H,4,7-10,13H2,1-3H3. The molecule has 0 atom stereocenters. The van der Waals surface area contributed by atoms with Gasteiger partial charge in [-0.15, -0.1) is 0 Å². The van der Waals surface area contributed by atoms with Crippen LogP contribution in [0.4, 0.5) is 0 Å². The lowest BCUT2D eigenvalue weighted by Crippen LogP contribution is -2.38. The van der Waals surface area contributed by atoms with E-state index in [0.29, 0.717) is 6.54 Å². The monoisotopic (exact) mass is 225 g/mol. The molecule has 0 saturated heterocycles. The second kappa shape index (κ2) is 6.01. The third kappa shape index (κ3) is 4.33. The van der Waals surface area contributed by atoms with Crippen LogP contribution in [0.15, 0.2) is 16.8 Å². The van der Waals surface area contributed by atoms with Gasteiger partial charge in [-0.2, -0.15) is 0 Å². The summed E-state index contributed by atoms with van der Waals surface area (Å²) in [5.41, 5.74) is 5.91. The van der Waals surface area contributed by atoms with Crippen LogP contribution in [0.3, 0.4) is 0 Å². The second-order valence-electron chi connectivity index (χ2n) is 5.06. The van der Waals surface area contributed by atoms with Gasteiger partial charge in [-0.05, 0) is 24.9 Å². The van der Waals surface area contributed by atoms with Gasteiger partial charge in [0.15, 0.2) is 5.76 Å². The van der Waals surface area contributed by atoms with Crippen LogP contribution in [0, 0.1) is 5.41 Å². The van der Waals surface area contributed by atoms with E-state index in [1.165, 1.54) is 0 Å². The van der Waals surface area contributed by atoms with Crippen molar-refractivity contribution in [2.24, 2.45) is 11.1 Å². The van der Waals surface area contributed by atoms with Crippen molar-refractivity contribution in [2.75, 3.05) is 19.6 Å². The lowest BCUT2D eigenvalue weighted by Gasteiger charge is -2.30. The zero-order valence-electron chi connectivity index (χ0n) is 10.6. The molecule has 0 amide bonds. The fraction of sp³-hybridized carbons (Fsp3) is 0.750. The number of nitrogens with zero attached hydrogens (tertiary/aromatic N) is 2. The van der Waals surface area contributed by atoms with Crippen molar-refractivity contribution in [2.45, 2.75) is 33.7 Å². The van der Waals surface area contributed by atoms with Gasteiger partial charge in [0.2, 0.25) is 0 Å². The molecule has 1 aromatic rings. The number of rotatable bonds is 7. The number of aromatic nitrogens is 1. The van der Waals surface area contributed by atoms with Crippen molar-refractivity contribution in [3.05, 3.63) is 18.0 Å². The molecule has 4 nitrogen and oxygen atoms in total. The van der Waals surface area contributed by atoms with E-state index in [0.717, 1.165) is 31.8 Å². The first-order valence-electron chi connectivity index (χ1n) is 5.89. The molecule has 0 aliphatic rings. The van der Waals surface area contributed by atoms with E-state index in [4.69, 9.17) is 10.3 Å². The van der Waals surface area contributed by atoms with Crippen molar-refractivity contribution in [3.8, 4) is 0 Å². The van der Waals surface area contributed by atoms with E-state index in [9.17, 15) is 0 Å². The Morgan fingerprint density at radius 2 is 2.25 bits per heavy atom. The molecule has 0 unspecified atom stereocenters. The summed E-state index contributed by atoms with van der Waals surface area (Å²) in [6, 6.07) is 1.91. The zero-order chi connectivity index (χ0) is 12.0. The quantitative estimate of drug-likeness (QED) is 0.769. The summed E-state index contributed by atoms with van der Waals surface area (Å²) in [4.78, 5) is 2.37. The van der Waals surface area contributed by atoms with Crippen LogP contribution >= 0.6 is 0 Å². The third-order valence-electron chi connectivity index (χ3n) is 2.61. The highest BCUT2D eigenvalue weighted by molar-refractivity contribution is 4.93. The van der Waals surface area contributed by atoms with Gasteiger partial charge < -0.3 is 10.3 Å². The minimum atomic E-state index is 0.148. The molecule has 16 heavy (non-hydrogen) atoms. The second-order valence-corrected chi connectivity index (χ2v) is 5.06. The van der Waals surface area contributed by atoms with E-state index in [1.54, 1.807) is 6.20 Å². The summed E-state index contributed by atoms with van der Waals surface area (Å²) in [5.74, 6) is 0.918. The Bertz CT molecular complexity index is 282. The van der Waals surface area contributed by atoms with Gasteiger partial charge in [0.25, 0.3) is 0 Å². The Morgan fingerprint density at radius 1 is 1.50 bits per heavy atom. The molecule has 0 fully saturated rings. The zero-order valence-corrected chi connectivity index (χ0v) is 10.6. The van der Waals surface area contributed by atoms with Crippen LogP contribution < -0.4 is 5.73 Å². The largest absolute Gasteiger partial charge is 0.360 e. The fourth-order valence-electron chi connectivity index (χ4n) is 1.74. The van der Waals surface area contributed by atoms with Gasteiger partial charge in [0.1, 0.15) is 0 Å². The summed E-state index contributed by atoms with van der Waals surface area (Å²) in [7, 11) is 0. The molecule has 0 aromatic carbocycles. The molecule has 92 valence electrons. The van der Waals surface area contributed by atoms with Crippen molar-refractivity contribution < 1.29 is 4.52 Å². The minimum Gasteiger partial charge on any atom is -0.360 e. The van der Waals surface area contributed by atoms with Crippen LogP contribution in [0.5, 0.6) is 0 Å². The third-order valence-corrected chi connectivity index (χ3v) is 2.61. The smallest absolute Gasteiger partial charge is 0.150 e. The predicted molar refractivity (Wildman–Crippen MR) is 64.9 cm³/mol. The van der Waals surface area contributed by atoms with Crippen LogP contribution in [-0.2, 0) is 6.54 Å². The van der Waals surface area contributed by atoms with E-state index in [2.05, 4.69) is 30.8 Å². The Kier molecular flexibility index (Phi) is 4.96. The molecule has 1 heterocycles. The molecule has 0 saturated carbocycles. The van der Waals surface area contributed by atoms with Crippen LogP contribution in [-0.4, -0.2) is 29.7 Å². The maximum atomic E-state index is 5.76. The molecule has 1 rings (SSSR count). The molecule has 0 bridgehead atoms. The number of nitrogens with two attached hydrogens (primary N) is 1. The summed E-state index contributed by atoms with van der Waals surface area (Å²) in [5, 5.41) is 3.73. The summed E-state index contributed by atoms with van der Waals surface area (Å²) in [6.07, 6.45) is 2.82.